The lowest BCUT2D eigenvalue weighted by atomic mass is 9.99. The first-order valence-electron chi connectivity index (χ1n) is 12.5. The summed E-state index contributed by atoms with van der Waals surface area (Å²) in [6.07, 6.45) is 3.01. The average molecular weight is 491 g/mol. The highest BCUT2D eigenvalue weighted by Crippen LogP contribution is 2.33. The normalized spacial score (nSPS) is 16.0. The number of carbonyl (C=O) groups excluding carboxylic acids is 1. The third kappa shape index (κ3) is 5.27. The molecule has 2 aromatic carbocycles. The molecule has 2 aliphatic heterocycles. The predicted molar refractivity (Wildman–Crippen MR) is 135 cm³/mol. The fourth-order valence-electron chi connectivity index (χ4n) is 4.72. The summed E-state index contributed by atoms with van der Waals surface area (Å²) < 4.78 is 25.8. The smallest absolute Gasteiger partial charge is 0.229 e. The number of aromatic nitrogens is 2. The lowest BCUT2D eigenvalue weighted by Crippen LogP contribution is -2.39. The number of piperidine rings is 1. The molecule has 1 saturated heterocycles. The number of anilines is 1. The van der Waals surface area contributed by atoms with Crippen molar-refractivity contribution in [3.63, 3.8) is 0 Å². The van der Waals surface area contributed by atoms with E-state index in [9.17, 15) is 9.18 Å². The quantitative estimate of drug-likeness (QED) is 0.495. The number of para-hydroxylation sites is 1. The molecule has 5 rings (SSSR count). The molecule has 36 heavy (non-hydrogen) atoms. The molecule has 0 spiro atoms. The first-order chi connectivity index (χ1) is 17.5. The molecule has 188 valence electrons. The van der Waals surface area contributed by atoms with Crippen molar-refractivity contribution in [3.8, 4) is 17.4 Å². The first kappa shape index (κ1) is 24.0. The molecule has 0 radical (unpaired) electrons. The molecule has 0 atom stereocenters. The van der Waals surface area contributed by atoms with Crippen LogP contribution in [-0.4, -0.2) is 47.5 Å². The minimum Gasteiger partial charge on any atom is -0.497 e. The summed E-state index contributed by atoms with van der Waals surface area (Å²) in [7, 11) is 1.61. The van der Waals surface area contributed by atoms with Gasteiger partial charge in [0.05, 0.1) is 31.3 Å². The predicted octanol–water partition coefficient (Wildman–Crippen LogP) is 4.78. The van der Waals surface area contributed by atoms with E-state index < -0.39 is 5.82 Å². The van der Waals surface area contributed by atoms with Crippen molar-refractivity contribution in [1.29, 1.82) is 0 Å². The average Bonchev–Trinajstić information content (AvgIpc) is 2.90. The van der Waals surface area contributed by atoms with Crippen molar-refractivity contribution in [1.82, 2.24) is 14.9 Å². The summed E-state index contributed by atoms with van der Waals surface area (Å²) >= 11 is 0. The van der Waals surface area contributed by atoms with Gasteiger partial charge in [0.25, 0.3) is 0 Å². The molecule has 3 aromatic rings. The number of hydrogen-bond donors (Lipinski definition) is 0. The third-order valence-electron chi connectivity index (χ3n) is 6.96. The maximum atomic E-state index is 14.5. The van der Waals surface area contributed by atoms with Gasteiger partial charge in [0, 0.05) is 26.1 Å². The fraction of sp³-hybridized carbons (Fsp3) is 0.393. The van der Waals surface area contributed by atoms with Gasteiger partial charge >= 0.3 is 0 Å². The van der Waals surface area contributed by atoms with Crippen LogP contribution < -0.4 is 14.4 Å². The monoisotopic (exact) mass is 490 g/mol. The second-order valence-electron chi connectivity index (χ2n) is 9.55. The van der Waals surface area contributed by atoms with E-state index in [1.807, 2.05) is 24.3 Å². The van der Waals surface area contributed by atoms with Gasteiger partial charge in [-0.25, -0.2) is 9.37 Å². The number of amides is 1. The van der Waals surface area contributed by atoms with E-state index in [0.29, 0.717) is 37.3 Å². The van der Waals surface area contributed by atoms with E-state index in [1.165, 1.54) is 6.07 Å². The van der Waals surface area contributed by atoms with Crippen LogP contribution in [0.25, 0.3) is 0 Å². The van der Waals surface area contributed by atoms with Crippen LogP contribution >= 0.6 is 0 Å². The number of carbonyl (C=O) groups is 1. The van der Waals surface area contributed by atoms with Crippen molar-refractivity contribution in [2.75, 3.05) is 31.6 Å². The van der Waals surface area contributed by atoms with Crippen molar-refractivity contribution >= 4 is 11.9 Å². The third-order valence-corrected chi connectivity index (χ3v) is 6.96. The Morgan fingerprint density at radius 1 is 1.08 bits per heavy atom. The molecule has 0 saturated carbocycles. The van der Waals surface area contributed by atoms with Crippen molar-refractivity contribution < 1.29 is 18.7 Å². The molecule has 0 N–H and O–H groups in total. The molecular weight excluding hydrogens is 459 g/mol. The van der Waals surface area contributed by atoms with Gasteiger partial charge in [0.1, 0.15) is 5.75 Å². The molecule has 0 unspecified atom stereocenters. The summed E-state index contributed by atoms with van der Waals surface area (Å²) in [5, 5.41) is 0. The van der Waals surface area contributed by atoms with Crippen LogP contribution in [0, 0.1) is 11.7 Å². The number of benzene rings is 2. The zero-order chi connectivity index (χ0) is 25.1. The van der Waals surface area contributed by atoms with E-state index >= 15 is 0 Å². The van der Waals surface area contributed by atoms with Crippen LogP contribution in [-0.2, 0) is 24.2 Å². The van der Waals surface area contributed by atoms with Gasteiger partial charge in [0.15, 0.2) is 11.6 Å². The summed E-state index contributed by atoms with van der Waals surface area (Å²) in [5.74, 6) is 1.98. The number of methoxy groups -OCH3 is 1. The van der Waals surface area contributed by atoms with Gasteiger partial charge < -0.3 is 19.3 Å². The second-order valence-corrected chi connectivity index (χ2v) is 9.55. The standard InChI is InChI=1S/C28H31FN4O3/c1-19-10-13-32(14-11-19)28-30-24-12-15-33(26(34)17-20-6-5-7-21(16-20)35-2)18-22(24)27(31-28)36-25-9-4-3-8-23(25)29/h3-9,16,19H,10-15,17-18H2,1-2H3. The van der Waals surface area contributed by atoms with Gasteiger partial charge in [-0.3, -0.25) is 4.79 Å². The van der Waals surface area contributed by atoms with Crippen LogP contribution in [0.1, 0.15) is 36.6 Å². The minimum absolute atomic E-state index is 0.000149. The largest absolute Gasteiger partial charge is 0.497 e. The molecule has 8 heteroatoms. The molecule has 1 fully saturated rings. The van der Waals surface area contributed by atoms with Crippen molar-refractivity contribution in [2.45, 2.75) is 39.2 Å². The minimum atomic E-state index is -0.458. The summed E-state index contributed by atoms with van der Waals surface area (Å²) in [5.41, 5.74) is 2.48. The Morgan fingerprint density at radius 2 is 1.89 bits per heavy atom. The number of fused-ring (bicyclic) bond motifs is 1. The molecule has 1 amide bonds. The summed E-state index contributed by atoms with van der Waals surface area (Å²) in [6, 6.07) is 13.8. The zero-order valence-corrected chi connectivity index (χ0v) is 20.7. The zero-order valence-electron chi connectivity index (χ0n) is 20.7. The van der Waals surface area contributed by atoms with E-state index in [1.54, 1.807) is 30.2 Å². The van der Waals surface area contributed by atoms with Crippen molar-refractivity contribution in [3.05, 3.63) is 71.2 Å². The highest BCUT2D eigenvalue weighted by Gasteiger charge is 2.29. The number of ether oxygens (including phenoxy) is 2. The molecule has 0 aliphatic carbocycles. The highest BCUT2D eigenvalue weighted by atomic mass is 19.1. The van der Waals surface area contributed by atoms with E-state index in [4.69, 9.17) is 19.4 Å². The van der Waals surface area contributed by atoms with Gasteiger partial charge in [-0.05, 0) is 48.6 Å². The van der Waals surface area contributed by atoms with Gasteiger partial charge in [0.2, 0.25) is 17.7 Å². The Morgan fingerprint density at radius 3 is 2.67 bits per heavy atom. The highest BCUT2D eigenvalue weighted by molar-refractivity contribution is 5.79. The van der Waals surface area contributed by atoms with E-state index in [2.05, 4.69) is 11.8 Å². The Labute approximate surface area is 210 Å². The first-order valence-corrected chi connectivity index (χ1v) is 12.5. The van der Waals surface area contributed by atoms with Gasteiger partial charge in [-0.15, -0.1) is 0 Å². The molecule has 2 aliphatic rings. The van der Waals surface area contributed by atoms with Crippen LogP contribution in [0.4, 0.5) is 10.3 Å². The molecular formula is C28H31FN4O3. The molecule has 1 aromatic heterocycles. The lowest BCUT2D eigenvalue weighted by Gasteiger charge is -2.33. The topological polar surface area (TPSA) is 67.8 Å². The number of rotatable bonds is 6. The number of nitrogens with zero attached hydrogens (tertiary/aromatic N) is 4. The Kier molecular flexibility index (Phi) is 7.02. The summed E-state index contributed by atoms with van der Waals surface area (Å²) in [6.45, 7) is 4.89. The second kappa shape index (κ2) is 10.5. The number of hydrogen-bond acceptors (Lipinski definition) is 6. The van der Waals surface area contributed by atoms with Crippen LogP contribution in [0.3, 0.4) is 0 Å². The SMILES string of the molecule is COc1cccc(CC(=O)N2CCc3nc(N4CCC(C)CC4)nc(Oc4ccccc4F)c3C2)c1. The molecule has 7 nitrogen and oxygen atoms in total. The maximum absolute atomic E-state index is 14.5. The Bertz CT molecular complexity index is 1240. The summed E-state index contributed by atoms with van der Waals surface area (Å²) in [4.78, 5) is 26.8. The lowest BCUT2D eigenvalue weighted by molar-refractivity contribution is -0.131. The number of halogens is 1. The van der Waals surface area contributed by atoms with Crippen LogP contribution in [0.15, 0.2) is 48.5 Å². The Hall–Kier alpha value is -3.68. The van der Waals surface area contributed by atoms with Crippen molar-refractivity contribution in [2.24, 2.45) is 5.92 Å². The molecule has 3 heterocycles. The maximum Gasteiger partial charge on any atom is 0.229 e. The van der Waals surface area contributed by atoms with Crippen LogP contribution in [0.5, 0.6) is 17.4 Å². The van der Waals surface area contributed by atoms with Gasteiger partial charge in [-0.1, -0.05) is 31.2 Å². The van der Waals surface area contributed by atoms with Crippen LogP contribution in [0.2, 0.25) is 0 Å². The fourth-order valence-corrected chi connectivity index (χ4v) is 4.72. The van der Waals surface area contributed by atoms with Gasteiger partial charge in [-0.2, -0.15) is 4.98 Å². The van der Waals surface area contributed by atoms with E-state index in [-0.39, 0.29) is 18.1 Å². The van der Waals surface area contributed by atoms with E-state index in [0.717, 1.165) is 48.5 Å². The molecule has 0 bridgehead atoms. The Balaban J connectivity index is 1.42.